The van der Waals surface area contributed by atoms with Crippen LogP contribution >= 0.6 is 34.5 Å². The van der Waals surface area contributed by atoms with E-state index in [0.29, 0.717) is 21.5 Å². The first-order valence-electron chi connectivity index (χ1n) is 7.92. The first-order chi connectivity index (χ1) is 12.9. The predicted molar refractivity (Wildman–Crippen MR) is 108 cm³/mol. The molecule has 27 heavy (non-hydrogen) atoms. The van der Waals surface area contributed by atoms with Crippen molar-refractivity contribution in [3.05, 3.63) is 57.4 Å². The molecule has 0 saturated carbocycles. The summed E-state index contributed by atoms with van der Waals surface area (Å²) in [7, 11) is 1.56. The van der Waals surface area contributed by atoms with Gasteiger partial charge in [0.1, 0.15) is 10.6 Å². The van der Waals surface area contributed by atoms with Crippen molar-refractivity contribution in [3.8, 4) is 5.75 Å². The van der Waals surface area contributed by atoms with Crippen LogP contribution in [0.3, 0.4) is 0 Å². The maximum atomic E-state index is 12.5. The first kappa shape index (κ1) is 19.5. The number of amides is 1. The number of hydrogen-bond donors (Lipinski definition) is 1. The first-order valence-corrected chi connectivity index (χ1v) is 9.49. The van der Waals surface area contributed by atoms with Crippen molar-refractivity contribution < 1.29 is 19.1 Å². The largest absolute Gasteiger partial charge is 0.497 e. The van der Waals surface area contributed by atoms with Crippen LogP contribution < -0.4 is 10.1 Å². The van der Waals surface area contributed by atoms with Gasteiger partial charge < -0.3 is 14.8 Å². The molecule has 1 N–H and O–H groups in total. The summed E-state index contributed by atoms with van der Waals surface area (Å²) in [5.41, 5.74) is 0.516. The molecule has 5 nitrogen and oxygen atoms in total. The second-order valence-corrected chi connectivity index (χ2v) is 7.52. The van der Waals surface area contributed by atoms with Gasteiger partial charge in [0.15, 0.2) is 6.10 Å². The lowest BCUT2D eigenvalue weighted by atomic mass is 10.2. The number of rotatable bonds is 5. The van der Waals surface area contributed by atoms with E-state index >= 15 is 0 Å². The van der Waals surface area contributed by atoms with Gasteiger partial charge in [0.25, 0.3) is 5.91 Å². The molecule has 1 atom stereocenters. The summed E-state index contributed by atoms with van der Waals surface area (Å²) in [6, 6.07) is 12.0. The van der Waals surface area contributed by atoms with Crippen molar-refractivity contribution in [2.45, 2.75) is 13.0 Å². The Hall–Kier alpha value is -2.28. The third-order valence-corrected chi connectivity index (χ3v) is 5.64. The van der Waals surface area contributed by atoms with Crippen LogP contribution in [0.5, 0.6) is 5.75 Å². The standard InChI is InChI=1S/C19H15Cl2NO4S/c1-10(18(23)22-12-5-3-4-11(20)8-12)26-19(24)17-16(21)14-7-6-13(25-2)9-15(14)27-17/h3-10H,1-2H3,(H,22,23). The monoisotopic (exact) mass is 423 g/mol. The summed E-state index contributed by atoms with van der Waals surface area (Å²) >= 11 is 13.4. The molecule has 1 heterocycles. The Morgan fingerprint density at radius 2 is 1.93 bits per heavy atom. The Kier molecular flexibility index (Phi) is 5.89. The van der Waals surface area contributed by atoms with Crippen molar-refractivity contribution in [2.75, 3.05) is 12.4 Å². The number of benzene rings is 2. The van der Waals surface area contributed by atoms with E-state index in [4.69, 9.17) is 32.7 Å². The molecule has 0 aliphatic carbocycles. The smallest absolute Gasteiger partial charge is 0.350 e. The number of carbonyl (C=O) groups is 2. The summed E-state index contributed by atoms with van der Waals surface area (Å²) in [5, 5.41) is 4.16. The number of esters is 1. The zero-order valence-electron chi connectivity index (χ0n) is 14.4. The van der Waals surface area contributed by atoms with Gasteiger partial charge in [-0.05, 0) is 43.3 Å². The number of hydrogen-bond acceptors (Lipinski definition) is 5. The summed E-state index contributed by atoms with van der Waals surface area (Å²) in [4.78, 5) is 25.0. The molecule has 140 valence electrons. The summed E-state index contributed by atoms with van der Waals surface area (Å²) in [5.74, 6) is -0.465. The Bertz CT molecular complexity index is 1020. The van der Waals surface area contributed by atoms with E-state index in [2.05, 4.69) is 5.32 Å². The Labute approximate surface area is 169 Å². The molecule has 0 spiro atoms. The van der Waals surface area contributed by atoms with Crippen molar-refractivity contribution in [1.29, 1.82) is 0 Å². The molecular formula is C19H15Cl2NO4S. The van der Waals surface area contributed by atoms with E-state index in [9.17, 15) is 9.59 Å². The average Bonchev–Trinajstić information content (AvgIpc) is 2.97. The highest BCUT2D eigenvalue weighted by atomic mass is 35.5. The van der Waals surface area contributed by atoms with Crippen LogP contribution in [0.25, 0.3) is 10.1 Å². The maximum Gasteiger partial charge on any atom is 0.350 e. The molecule has 0 aliphatic rings. The fourth-order valence-electron chi connectivity index (χ4n) is 2.38. The van der Waals surface area contributed by atoms with E-state index < -0.39 is 18.0 Å². The number of nitrogens with one attached hydrogen (secondary N) is 1. The Morgan fingerprint density at radius 3 is 2.63 bits per heavy atom. The average molecular weight is 424 g/mol. The Morgan fingerprint density at radius 1 is 1.15 bits per heavy atom. The third-order valence-electron chi connectivity index (χ3n) is 3.77. The quantitative estimate of drug-likeness (QED) is 0.557. The zero-order valence-corrected chi connectivity index (χ0v) is 16.7. The van der Waals surface area contributed by atoms with Gasteiger partial charge in [-0.1, -0.05) is 29.3 Å². The van der Waals surface area contributed by atoms with E-state index in [1.807, 2.05) is 0 Å². The molecule has 3 aromatic rings. The number of carbonyl (C=O) groups excluding carboxylic acids is 2. The number of thiophene rings is 1. The van der Waals surface area contributed by atoms with Gasteiger partial charge in [-0.25, -0.2) is 4.79 Å². The van der Waals surface area contributed by atoms with Gasteiger partial charge in [-0.3, -0.25) is 4.79 Å². The van der Waals surface area contributed by atoms with Crippen LogP contribution in [0.1, 0.15) is 16.6 Å². The molecule has 1 aromatic heterocycles. The molecule has 8 heteroatoms. The van der Waals surface area contributed by atoms with Gasteiger partial charge in [-0.2, -0.15) is 0 Å². The summed E-state index contributed by atoms with van der Waals surface area (Å²) in [6.45, 7) is 1.49. The molecule has 2 aromatic carbocycles. The Balaban J connectivity index is 1.73. The van der Waals surface area contributed by atoms with Gasteiger partial charge in [0, 0.05) is 20.8 Å². The molecule has 0 saturated heterocycles. The van der Waals surface area contributed by atoms with Crippen LogP contribution in [0, 0.1) is 0 Å². The van der Waals surface area contributed by atoms with Crippen molar-refractivity contribution in [3.63, 3.8) is 0 Å². The van der Waals surface area contributed by atoms with Gasteiger partial charge in [0.05, 0.1) is 12.1 Å². The maximum absolute atomic E-state index is 12.5. The molecule has 0 fully saturated rings. The lowest BCUT2D eigenvalue weighted by Gasteiger charge is -2.13. The topological polar surface area (TPSA) is 64.6 Å². The molecule has 0 aliphatic heterocycles. The highest BCUT2D eigenvalue weighted by Crippen LogP contribution is 2.37. The molecule has 1 unspecified atom stereocenters. The molecule has 3 rings (SSSR count). The highest BCUT2D eigenvalue weighted by molar-refractivity contribution is 7.21. The van der Waals surface area contributed by atoms with Crippen LogP contribution in [0.4, 0.5) is 5.69 Å². The fraction of sp³-hybridized carbons (Fsp3) is 0.158. The lowest BCUT2D eigenvalue weighted by Crippen LogP contribution is -2.29. The number of methoxy groups -OCH3 is 1. The molecule has 0 bridgehead atoms. The van der Waals surface area contributed by atoms with Crippen LogP contribution in [0.2, 0.25) is 10.0 Å². The number of fused-ring (bicyclic) bond motifs is 1. The SMILES string of the molecule is COc1ccc2c(Cl)c(C(=O)OC(C)C(=O)Nc3cccc(Cl)c3)sc2c1. The van der Waals surface area contributed by atoms with E-state index in [0.717, 1.165) is 10.1 Å². The normalized spacial score (nSPS) is 11.9. The minimum Gasteiger partial charge on any atom is -0.497 e. The molecule has 0 radical (unpaired) electrons. The minimum absolute atomic E-state index is 0.238. The van der Waals surface area contributed by atoms with E-state index in [-0.39, 0.29) is 4.88 Å². The number of anilines is 1. The van der Waals surface area contributed by atoms with Gasteiger partial charge >= 0.3 is 5.97 Å². The van der Waals surface area contributed by atoms with E-state index in [1.165, 1.54) is 18.3 Å². The van der Waals surface area contributed by atoms with Gasteiger partial charge in [0.2, 0.25) is 0 Å². The highest BCUT2D eigenvalue weighted by Gasteiger charge is 2.24. The summed E-state index contributed by atoms with van der Waals surface area (Å²) in [6.07, 6.45) is -1.01. The van der Waals surface area contributed by atoms with Crippen molar-refractivity contribution in [2.24, 2.45) is 0 Å². The second kappa shape index (κ2) is 8.17. The van der Waals surface area contributed by atoms with Crippen LogP contribution in [0.15, 0.2) is 42.5 Å². The molecule has 1 amide bonds. The van der Waals surface area contributed by atoms with Crippen molar-refractivity contribution >= 4 is 62.2 Å². The zero-order chi connectivity index (χ0) is 19.6. The van der Waals surface area contributed by atoms with Gasteiger partial charge in [-0.15, -0.1) is 11.3 Å². The third kappa shape index (κ3) is 4.35. The van der Waals surface area contributed by atoms with Crippen LogP contribution in [-0.4, -0.2) is 25.1 Å². The number of ether oxygens (including phenoxy) is 2. The van der Waals surface area contributed by atoms with E-state index in [1.54, 1.807) is 49.6 Å². The molecular weight excluding hydrogens is 409 g/mol. The minimum atomic E-state index is -1.01. The second-order valence-electron chi connectivity index (χ2n) is 5.65. The lowest BCUT2D eigenvalue weighted by molar-refractivity contribution is -0.123. The van der Waals surface area contributed by atoms with Crippen LogP contribution in [-0.2, 0) is 9.53 Å². The fourth-order valence-corrected chi connectivity index (χ4v) is 3.99. The number of halogens is 2. The van der Waals surface area contributed by atoms with Crippen molar-refractivity contribution in [1.82, 2.24) is 0 Å². The summed E-state index contributed by atoms with van der Waals surface area (Å²) < 4.78 is 11.3. The predicted octanol–water partition coefficient (Wildman–Crippen LogP) is 5.40.